The van der Waals surface area contributed by atoms with E-state index >= 15 is 0 Å². The first-order chi connectivity index (χ1) is 8.88. The van der Waals surface area contributed by atoms with Crippen LogP contribution in [0.3, 0.4) is 0 Å². The number of anilines is 2. The number of nitrogens with zero attached hydrogens (tertiary/aromatic N) is 1. The average molecular weight is 321 g/mol. The van der Waals surface area contributed by atoms with Crippen LogP contribution in [0.4, 0.5) is 10.8 Å². The third kappa shape index (κ3) is 3.17. The van der Waals surface area contributed by atoms with Crippen molar-refractivity contribution in [1.82, 2.24) is 4.37 Å². The molecule has 2 rings (SSSR count). The van der Waals surface area contributed by atoms with Gasteiger partial charge in [0.15, 0.2) is 15.7 Å². The summed E-state index contributed by atoms with van der Waals surface area (Å²) in [5, 5.41) is 3.81. The van der Waals surface area contributed by atoms with Crippen molar-refractivity contribution in [3.05, 3.63) is 0 Å². The monoisotopic (exact) mass is 321 g/mol. The van der Waals surface area contributed by atoms with Crippen LogP contribution in [0.5, 0.6) is 0 Å². The van der Waals surface area contributed by atoms with Crippen molar-refractivity contribution in [1.29, 1.82) is 0 Å². The summed E-state index contributed by atoms with van der Waals surface area (Å²) in [4.78, 5) is 0.173. The third-order valence-electron chi connectivity index (χ3n) is 3.29. The smallest absolute Gasteiger partial charge is 0.184 e. The van der Waals surface area contributed by atoms with Gasteiger partial charge in [0, 0.05) is 11.3 Å². The molecule has 108 valence electrons. The lowest BCUT2D eigenvalue weighted by molar-refractivity contribution is 0.597. The number of aromatic nitrogens is 1. The van der Waals surface area contributed by atoms with E-state index in [0.717, 1.165) is 24.5 Å². The number of hydrogen-bond acceptors (Lipinski definition) is 7. The molecule has 1 aliphatic rings. The Morgan fingerprint density at radius 2 is 2.26 bits per heavy atom. The maximum atomic E-state index is 12.0. The highest BCUT2D eigenvalue weighted by atomic mass is 32.2. The van der Waals surface area contributed by atoms with Crippen LogP contribution in [0.1, 0.15) is 26.7 Å². The molecule has 0 radical (unpaired) electrons. The molecule has 1 aromatic rings. The van der Waals surface area contributed by atoms with Gasteiger partial charge in [0.1, 0.15) is 9.90 Å². The molecule has 1 fully saturated rings. The lowest BCUT2D eigenvalue weighted by atomic mass is 10.1. The van der Waals surface area contributed by atoms with Gasteiger partial charge in [0.05, 0.1) is 5.75 Å². The zero-order chi connectivity index (χ0) is 14.1. The first-order valence-corrected chi connectivity index (χ1v) is 9.65. The number of sulfone groups is 1. The van der Waals surface area contributed by atoms with Crippen LogP contribution >= 0.6 is 23.3 Å². The Bertz CT molecular complexity index is 548. The topological polar surface area (TPSA) is 85.1 Å². The van der Waals surface area contributed by atoms with Crippen molar-refractivity contribution in [3.63, 3.8) is 0 Å². The van der Waals surface area contributed by atoms with Gasteiger partial charge in [-0.2, -0.15) is 16.1 Å². The second-order valence-corrected chi connectivity index (χ2v) is 9.56. The molecule has 1 atom stereocenters. The molecule has 1 aromatic heterocycles. The predicted molar refractivity (Wildman–Crippen MR) is 82.8 cm³/mol. The molecule has 3 N–H and O–H groups in total. The molecular weight excluding hydrogens is 302 g/mol. The number of nitrogen functional groups attached to an aromatic ring is 1. The summed E-state index contributed by atoms with van der Waals surface area (Å²) in [6.45, 7) is 4.56. The highest BCUT2D eigenvalue weighted by Crippen LogP contribution is 2.39. The maximum Gasteiger partial charge on any atom is 0.184 e. The fraction of sp³-hybridized carbons (Fsp3) is 0.727. The Hall–Kier alpha value is -0.470. The first-order valence-electron chi connectivity index (χ1n) is 6.24. The summed E-state index contributed by atoms with van der Waals surface area (Å²) in [5.74, 6) is 1.32. The minimum absolute atomic E-state index is 0.0380. The molecule has 8 heteroatoms. The lowest BCUT2D eigenvalue weighted by Crippen LogP contribution is -2.27. The Labute approximate surface area is 122 Å². The van der Waals surface area contributed by atoms with Crippen LogP contribution in [-0.2, 0) is 9.84 Å². The molecule has 1 unspecified atom stereocenters. The van der Waals surface area contributed by atoms with Crippen LogP contribution < -0.4 is 11.1 Å². The van der Waals surface area contributed by atoms with Crippen LogP contribution in [0.2, 0.25) is 0 Å². The van der Waals surface area contributed by atoms with Gasteiger partial charge in [-0.15, -0.1) is 0 Å². The van der Waals surface area contributed by atoms with Crippen molar-refractivity contribution in [2.24, 2.45) is 0 Å². The lowest BCUT2D eigenvalue weighted by Gasteiger charge is -2.23. The standard InChI is InChI=1S/C11H19N3O2S3/c1-3-19(15,16)8-9(12)14-18-10(8)13-7-11(2)5-4-6-17-11/h13H,3-7H2,1-2H3,(H2,12,14). The molecule has 1 aliphatic heterocycles. The molecule has 0 saturated carbocycles. The summed E-state index contributed by atoms with van der Waals surface area (Å²) in [5.41, 5.74) is 5.69. The Balaban J connectivity index is 2.18. The minimum Gasteiger partial charge on any atom is -0.382 e. The summed E-state index contributed by atoms with van der Waals surface area (Å²) in [7, 11) is -3.33. The van der Waals surface area contributed by atoms with Gasteiger partial charge in [0.2, 0.25) is 0 Å². The first kappa shape index (κ1) is 14.9. The zero-order valence-corrected chi connectivity index (χ0v) is 13.6. The van der Waals surface area contributed by atoms with Gasteiger partial charge in [-0.1, -0.05) is 6.92 Å². The van der Waals surface area contributed by atoms with Crippen LogP contribution in [0.25, 0.3) is 0 Å². The van der Waals surface area contributed by atoms with Crippen molar-refractivity contribution in [2.75, 3.05) is 29.1 Å². The molecule has 0 amide bonds. The largest absolute Gasteiger partial charge is 0.382 e. The predicted octanol–water partition coefficient (Wildman–Crippen LogP) is 2.22. The van der Waals surface area contributed by atoms with Gasteiger partial charge >= 0.3 is 0 Å². The van der Waals surface area contributed by atoms with Crippen molar-refractivity contribution in [2.45, 2.75) is 36.3 Å². The van der Waals surface area contributed by atoms with Gasteiger partial charge in [-0.05, 0) is 37.1 Å². The Morgan fingerprint density at radius 3 is 2.84 bits per heavy atom. The molecule has 1 saturated heterocycles. The number of nitrogens with two attached hydrogens (primary N) is 1. The molecule has 5 nitrogen and oxygen atoms in total. The van der Waals surface area contributed by atoms with Crippen molar-refractivity contribution >= 4 is 44.0 Å². The molecule has 0 aromatic carbocycles. The minimum atomic E-state index is -3.33. The van der Waals surface area contributed by atoms with E-state index in [1.807, 2.05) is 11.8 Å². The highest BCUT2D eigenvalue weighted by molar-refractivity contribution is 8.00. The third-order valence-corrected chi connectivity index (χ3v) is 7.57. The van der Waals surface area contributed by atoms with Gasteiger partial charge < -0.3 is 11.1 Å². The fourth-order valence-electron chi connectivity index (χ4n) is 2.10. The highest BCUT2D eigenvalue weighted by Gasteiger charge is 2.31. The molecule has 0 aliphatic carbocycles. The molecule has 2 heterocycles. The Kier molecular flexibility index (Phi) is 4.32. The van der Waals surface area contributed by atoms with Crippen molar-refractivity contribution in [3.8, 4) is 0 Å². The van der Waals surface area contributed by atoms with Gasteiger partial charge in [0.25, 0.3) is 0 Å². The van der Waals surface area contributed by atoms with Crippen LogP contribution in [0.15, 0.2) is 4.90 Å². The summed E-state index contributed by atoms with van der Waals surface area (Å²) in [6, 6.07) is 0. The molecular formula is C11H19N3O2S3. The Morgan fingerprint density at radius 1 is 1.53 bits per heavy atom. The van der Waals surface area contributed by atoms with E-state index in [2.05, 4.69) is 16.6 Å². The molecule has 0 spiro atoms. The van der Waals surface area contributed by atoms with E-state index in [1.54, 1.807) is 6.92 Å². The SMILES string of the molecule is CCS(=O)(=O)c1c(N)nsc1NCC1(C)CCCS1. The van der Waals surface area contributed by atoms with E-state index in [9.17, 15) is 8.42 Å². The zero-order valence-electron chi connectivity index (χ0n) is 11.1. The van der Waals surface area contributed by atoms with E-state index in [-0.39, 0.29) is 21.2 Å². The van der Waals surface area contributed by atoms with E-state index in [1.165, 1.54) is 12.2 Å². The maximum absolute atomic E-state index is 12.0. The summed E-state index contributed by atoms with van der Waals surface area (Å²) < 4.78 is 28.2. The number of nitrogens with one attached hydrogen (secondary N) is 1. The normalized spacial score (nSPS) is 23.7. The van der Waals surface area contributed by atoms with Crippen molar-refractivity contribution < 1.29 is 8.42 Å². The quantitative estimate of drug-likeness (QED) is 0.865. The second-order valence-electron chi connectivity index (χ2n) is 4.88. The summed E-state index contributed by atoms with van der Waals surface area (Å²) in [6.07, 6.45) is 2.36. The second kappa shape index (κ2) is 5.49. The molecule has 19 heavy (non-hydrogen) atoms. The fourth-order valence-corrected chi connectivity index (χ4v) is 5.50. The number of thioether (sulfide) groups is 1. The van der Waals surface area contributed by atoms with Crippen LogP contribution in [0, 0.1) is 0 Å². The van der Waals surface area contributed by atoms with E-state index in [0.29, 0.717) is 5.00 Å². The molecule has 0 bridgehead atoms. The van der Waals surface area contributed by atoms with E-state index < -0.39 is 9.84 Å². The summed E-state index contributed by atoms with van der Waals surface area (Å²) >= 11 is 3.06. The average Bonchev–Trinajstić information content (AvgIpc) is 2.94. The van der Waals surface area contributed by atoms with Gasteiger partial charge in [-0.3, -0.25) is 0 Å². The number of hydrogen-bond donors (Lipinski definition) is 2. The van der Waals surface area contributed by atoms with E-state index in [4.69, 9.17) is 5.73 Å². The van der Waals surface area contributed by atoms with Gasteiger partial charge in [-0.25, -0.2) is 8.42 Å². The van der Waals surface area contributed by atoms with Crippen LogP contribution in [-0.4, -0.2) is 35.6 Å². The number of rotatable bonds is 5.